The second-order valence-corrected chi connectivity index (χ2v) is 6.67. The summed E-state index contributed by atoms with van der Waals surface area (Å²) in [5.41, 5.74) is 1.12. The highest BCUT2D eigenvalue weighted by atomic mass is 16.4. The summed E-state index contributed by atoms with van der Waals surface area (Å²) in [5.74, 6) is 2.92. The van der Waals surface area contributed by atoms with Gasteiger partial charge in [0.15, 0.2) is 5.89 Å². The molecule has 0 amide bonds. The van der Waals surface area contributed by atoms with Crippen molar-refractivity contribution in [2.75, 3.05) is 19.6 Å². The fourth-order valence-electron chi connectivity index (χ4n) is 3.94. The summed E-state index contributed by atoms with van der Waals surface area (Å²) in [5, 5.41) is 3.73. The minimum absolute atomic E-state index is 0.302. The van der Waals surface area contributed by atoms with Crippen molar-refractivity contribution >= 4 is 0 Å². The van der Waals surface area contributed by atoms with Crippen molar-refractivity contribution in [3.05, 3.63) is 41.5 Å². The fraction of sp³-hybridized carbons (Fsp3) is 0.611. The maximum absolute atomic E-state index is 5.73. The highest BCUT2D eigenvalue weighted by molar-refractivity contribution is 5.18. The Morgan fingerprint density at radius 3 is 3.00 bits per heavy atom. The summed E-state index contributed by atoms with van der Waals surface area (Å²) in [6, 6.07) is 4.69. The van der Waals surface area contributed by atoms with Crippen LogP contribution >= 0.6 is 0 Å². The minimum Gasteiger partial charge on any atom is -0.468 e. The van der Waals surface area contributed by atoms with Crippen LogP contribution in [-0.2, 0) is 6.42 Å². The van der Waals surface area contributed by atoms with Crippen molar-refractivity contribution in [2.24, 2.45) is 0 Å². The molecular weight excluding hydrogens is 290 g/mol. The van der Waals surface area contributed by atoms with Gasteiger partial charge < -0.3 is 14.2 Å². The first-order valence-corrected chi connectivity index (χ1v) is 8.78. The molecule has 124 valence electrons. The number of fused-ring (bicyclic) bond motifs is 1. The van der Waals surface area contributed by atoms with Crippen molar-refractivity contribution < 1.29 is 8.83 Å². The molecule has 1 aliphatic carbocycles. The Bertz CT molecular complexity index is 629. The van der Waals surface area contributed by atoms with E-state index < -0.39 is 0 Å². The third kappa shape index (κ3) is 3.08. The zero-order chi connectivity index (χ0) is 15.6. The summed E-state index contributed by atoms with van der Waals surface area (Å²) in [6.07, 6.45) is 7.65. The van der Waals surface area contributed by atoms with E-state index in [1.54, 1.807) is 6.26 Å². The largest absolute Gasteiger partial charge is 0.468 e. The molecule has 2 atom stereocenters. The molecule has 2 aliphatic rings. The van der Waals surface area contributed by atoms with Gasteiger partial charge in [0.2, 0.25) is 0 Å². The maximum atomic E-state index is 5.73. The number of aromatic nitrogens is 1. The Morgan fingerprint density at radius 1 is 1.35 bits per heavy atom. The van der Waals surface area contributed by atoms with Crippen LogP contribution in [0.25, 0.3) is 0 Å². The number of aryl methyl sites for hydroxylation is 2. The number of hydrogen-bond donors (Lipinski definition) is 1. The number of nitrogens with zero attached hydrogens (tertiary/aromatic N) is 2. The first-order valence-electron chi connectivity index (χ1n) is 8.78. The molecule has 5 nitrogen and oxygen atoms in total. The molecule has 3 heterocycles. The third-order valence-electron chi connectivity index (χ3n) is 5.07. The zero-order valence-corrected chi connectivity index (χ0v) is 13.8. The molecule has 0 bridgehead atoms. The SMILES string of the molecule is Cc1nc2c(o1)CCCC2NCC(c1ccco1)N1CCCC1. The molecule has 1 aliphatic heterocycles. The van der Waals surface area contributed by atoms with Gasteiger partial charge in [-0.15, -0.1) is 0 Å². The minimum atomic E-state index is 0.302. The molecular formula is C18H25N3O2. The van der Waals surface area contributed by atoms with Gasteiger partial charge in [-0.25, -0.2) is 4.98 Å². The van der Waals surface area contributed by atoms with E-state index in [-0.39, 0.29) is 0 Å². The Kier molecular flexibility index (Phi) is 4.23. The molecule has 4 rings (SSSR count). The Hall–Kier alpha value is -1.59. The summed E-state index contributed by atoms with van der Waals surface area (Å²) < 4.78 is 11.4. The molecule has 0 spiro atoms. The van der Waals surface area contributed by atoms with Crippen molar-refractivity contribution in [1.29, 1.82) is 0 Å². The van der Waals surface area contributed by atoms with Gasteiger partial charge in [-0.3, -0.25) is 4.90 Å². The standard InChI is InChI=1S/C18H25N3O2/c1-13-20-18-14(6-4-7-17(18)23-13)19-12-15(16-8-5-11-22-16)21-9-2-3-10-21/h5,8,11,14-15,19H,2-4,6-7,9-10,12H2,1H3. The highest BCUT2D eigenvalue weighted by Gasteiger charge is 2.29. The summed E-state index contributed by atoms with van der Waals surface area (Å²) in [6.45, 7) is 5.15. The predicted octanol–water partition coefficient (Wildman–Crippen LogP) is 3.38. The van der Waals surface area contributed by atoms with E-state index in [0.29, 0.717) is 12.1 Å². The van der Waals surface area contributed by atoms with E-state index in [4.69, 9.17) is 8.83 Å². The molecule has 5 heteroatoms. The first-order chi connectivity index (χ1) is 11.3. The zero-order valence-electron chi connectivity index (χ0n) is 13.8. The van der Waals surface area contributed by atoms with Crippen LogP contribution in [0, 0.1) is 6.92 Å². The van der Waals surface area contributed by atoms with Crippen molar-refractivity contribution in [2.45, 2.75) is 51.1 Å². The van der Waals surface area contributed by atoms with Gasteiger partial charge in [0, 0.05) is 19.9 Å². The van der Waals surface area contributed by atoms with Gasteiger partial charge in [-0.05, 0) is 50.9 Å². The van der Waals surface area contributed by atoms with E-state index in [0.717, 1.165) is 62.0 Å². The fourth-order valence-corrected chi connectivity index (χ4v) is 3.94. The predicted molar refractivity (Wildman–Crippen MR) is 87.2 cm³/mol. The lowest BCUT2D eigenvalue weighted by molar-refractivity contribution is 0.202. The van der Waals surface area contributed by atoms with Gasteiger partial charge in [-0.1, -0.05) is 0 Å². The van der Waals surface area contributed by atoms with Gasteiger partial charge in [0.05, 0.1) is 24.0 Å². The molecule has 2 aromatic heterocycles. The van der Waals surface area contributed by atoms with Gasteiger partial charge in [0.25, 0.3) is 0 Å². The second kappa shape index (κ2) is 6.49. The van der Waals surface area contributed by atoms with Gasteiger partial charge in [0.1, 0.15) is 11.5 Å². The van der Waals surface area contributed by atoms with E-state index in [2.05, 4.69) is 21.3 Å². The van der Waals surface area contributed by atoms with Gasteiger partial charge in [-0.2, -0.15) is 0 Å². The van der Waals surface area contributed by atoms with E-state index >= 15 is 0 Å². The summed E-state index contributed by atoms with van der Waals surface area (Å²) >= 11 is 0. The molecule has 0 aromatic carbocycles. The van der Waals surface area contributed by atoms with Crippen LogP contribution in [0.2, 0.25) is 0 Å². The average molecular weight is 315 g/mol. The molecule has 1 saturated heterocycles. The lowest BCUT2D eigenvalue weighted by atomic mass is 9.96. The van der Waals surface area contributed by atoms with E-state index in [9.17, 15) is 0 Å². The lowest BCUT2D eigenvalue weighted by Crippen LogP contribution is -2.36. The van der Waals surface area contributed by atoms with Crippen LogP contribution in [-0.4, -0.2) is 29.5 Å². The quantitative estimate of drug-likeness (QED) is 0.916. The van der Waals surface area contributed by atoms with E-state index in [1.807, 2.05) is 13.0 Å². The molecule has 0 saturated carbocycles. The van der Waals surface area contributed by atoms with Crippen LogP contribution in [0.3, 0.4) is 0 Å². The second-order valence-electron chi connectivity index (χ2n) is 6.67. The molecule has 1 fully saturated rings. The average Bonchev–Trinajstić information content (AvgIpc) is 3.28. The van der Waals surface area contributed by atoms with E-state index in [1.165, 1.54) is 12.8 Å². The van der Waals surface area contributed by atoms with Crippen LogP contribution in [0.4, 0.5) is 0 Å². The summed E-state index contributed by atoms with van der Waals surface area (Å²) in [4.78, 5) is 7.14. The Morgan fingerprint density at radius 2 is 2.22 bits per heavy atom. The number of nitrogens with one attached hydrogen (secondary N) is 1. The highest BCUT2D eigenvalue weighted by Crippen LogP contribution is 2.31. The maximum Gasteiger partial charge on any atom is 0.191 e. The molecule has 0 radical (unpaired) electrons. The monoisotopic (exact) mass is 315 g/mol. The van der Waals surface area contributed by atoms with Crippen LogP contribution in [0.15, 0.2) is 27.2 Å². The number of rotatable bonds is 5. The van der Waals surface area contributed by atoms with Gasteiger partial charge >= 0.3 is 0 Å². The summed E-state index contributed by atoms with van der Waals surface area (Å²) in [7, 11) is 0. The number of likely N-dealkylation sites (tertiary alicyclic amines) is 1. The number of oxazole rings is 1. The topological polar surface area (TPSA) is 54.4 Å². The normalized spacial score (nSPS) is 23.1. The Labute approximate surface area is 137 Å². The molecule has 23 heavy (non-hydrogen) atoms. The van der Waals surface area contributed by atoms with Crippen LogP contribution < -0.4 is 5.32 Å². The molecule has 2 aromatic rings. The van der Waals surface area contributed by atoms with Crippen LogP contribution in [0.5, 0.6) is 0 Å². The lowest BCUT2D eigenvalue weighted by Gasteiger charge is -2.29. The van der Waals surface area contributed by atoms with Crippen LogP contribution in [0.1, 0.15) is 60.9 Å². The van der Waals surface area contributed by atoms with Crippen molar-refractivity contribution in [3.8, 4) is 0 Å². The first kappa shape index (κ1) is 15.0. The molecule has 1 N–H and O–H groups in total. The molecule has 2 unspecified atom stereocenters. The van der Waals surface area contributed by atoms with Crippen molar-refractivity contribution in [1.82, 2.24) is 15.2 Å². The smallest absolute Gasteiger partial charge is 0.191 e. The van der Waals surface area contributed by atoms with Crippen molar-refractivity contribution in [3.63, 3.8) is 0 Å². The number of furan rings is 1. The Balaban J connectivity index is 1.48. The number of hydrogen-bond acceptors (Lipinski definition) is 5. The third-order valence-corrected chi connectivity index (χ3v) is 5.07.